The molecule has 0 saturated heterocycles. The SMILES string of the molecule is CCS(=O)(=O)C1CC1c1ccc(Cl)cc1. The first-order valence-electron chi connectivity index (χ1n) is 5.01. The molecule has 0 aromatic heterocycles. The molecule has 0 radical (unpaired) electrons. The lowest BCUT2D eigenvalue weighted by molar-refractivity contribution is 0.595. The molecule has 2 unspecified atom stereocenters. The van der Waals surface area contributed by atoms with E-state index in [1.807, 2.05) is 24.3 Å². The predicted molar refractivity (Wildman–Crippen MR) is 62.1 cm³/mol. The first-order chi connectivity index (χ1) is 7.04. The van der Waals surface area contributed by atoms with Crippen LogP contribution in [0.25, 0.3) is 0 Å². The molecule has 15 heavy (non-hydrogen) atoms. The molecule has 1 aromatic rings. The van der Waals surface area contributed by atoms with Crippen LogP contribution >= 0.6 is 11.6 Å². The van der Waals surface area contributed by atoms with Crippen LogP contribution in [0.15, 0.2) is 24.3 Å². The number of halogens is 1. The molecule has 1 saturated carbocycles. The fourth-order valence-electron chi connectivity index (χ4n) is 1.84. The highest BCUT2D eigenvalue weighted by atomic mass is 35.5. The van der Waals surface area contributed by atoms with E-state index in [4.69, 9.17) is 11.6 Å². The summed E-state index contributed by atoms with van der Waals surface area (Å²) in [5.41, 5.74) is 1.08. The molecule has 0 spiro atoms. The highest BCUT2D eigenvalue weighted by molar-refractivity contribution is 7.92. The normalized spacial score (nSPS) is 25.2. The standard InChI is InChI=1S/C11H13ClO2S/c1-2-15(13,14)11-7-10(11)8-3-5-9(12)6-4-8/h3-6,10-11H,2,7H2,1H3. The molecule has 2 rings (SSSR count). The molecule has 1 aliphatic rings. The summed E-state index contributed by atoms with van der Waals surface area (Å²) in [5.74, 6) is 0.425. The maximum atomic E-state index is 11.6. The van der Waals surface area contributed by atoms with E-state index < -0.39 is 9.84 Å². The summed E-state index contributed by atoms with van der Waals surface area (Å²) in [7, 11) is -2.87. The summed E-state index contributed by atoms with van der Waals surface area (Å²) in [5, 5.41) is 0.526. The van der Waals surface area contributed by atoms with Crippen LogP contribution in [0.1, 0.15) is 24.8 Å². The van der Waals surface area contributed by atoms with Gasteiger partial charge >= 0.3 is 0 Å². The zero-order chi connectivity index (χ0) is 11.1. The summed E-state index contributed by atoms with van der Waals surface area (Å²) < 4.78 is 23.2. The molecule has 4 heteroatoms. The van der Waals surface area contributed by atoms with Crippen LogP contribution in [0.4, 0.5) is 0 Å². The van der Waals surface area contributed by atoms with Crippen molar-refractivity contribution in [3.8, 4) is 0 Å². The highest BCUT2D eigenvalue weighted by Crippen LogP contribution is 2.46. The minimum atomic E-state index is -2.87. The van der Waals surface area contributed by atoms with Gasteiger partial charge in [0.05, 0.1) is 5.25 Å². The van der Waals surface area contributed by atoms with E-state index in [1.54, 1.807) is 6.92 Å². The molecule has 0 aliphatic heterocycles. The first kappa shape index (κ1) is 11.0. The maximum absolute atomic E-state index is 11.6. The number of sulfone groups is 1. The van der Waals surface area contributed by atoms with Gasteiger partial charge in [0.15, 0.2) is 9.84 Å². The Morgan fingerprint density at radius 2 is 1.93 bits per heavy atom. The average Bonchev–Trinajstić information content (AvgIpc) is 2.99. The molecule has 1 aromatic carbocycles. The van der Waals surface area contributed by atoms with E-state index in [9.17, 15) is 8.42 Å². The topological polar surface area (TPSA) is 34.1 Å². The Morgan fingerprint density at radius 3 is 2.47 bits per heavy atom. The lowest BCUT2D eigenvalue weighted by atomic mass is 10.1. The number of hydrogen-bond donors (Lipinski definition) is 0. The quantitative estimate of drug-likeness (QED) is 0.819. The van der Waals surface area contributed by atoms with Gasteiger partial charge < -0.3 is 0 Å². The summed E-state index contributed by atoms with van der Waals surface area (Å²) in [6.07, 6.45) is 0.762. The Hall–Kier alpha value is -0.540. The molecule has 0 amide bonds. The Morgan fingerprint density at radius 1 is 1.33 bits per heavy atom. The Balaban J connectivity index is 2.15. The third-order valence-electron chi connectivity index (χ3n) is 2.89. The van der Waals surface area contributed by atoms with Crippen LogP contribution < -0.4 is 0 Å². The largest absolute Gasteiger partial charge is 0.229 e. The Bertz CT molecular complexity index is 450. The summed E-state index contributed by atoms with van der Waals surface area (Å²) >= 11 is 5.77. The van der Waals surface area contributed by atoms with Crippen molar-refractivity contribution >= 4 is 21.4 Å². The predicted octanol–water partition coefficient (Wildman–Crippen LogP) is 2.63. The van der Waals surface area contributed by atoms with E-state index in [0.29, 0.717) is 5.02 Å². The van der Waals surface area contributed by atoms with Gasteiger partial charge in [0, 0.05) is 16.7 Å². The molecule has 0 heterocycles. The van der Waals surface area contributed by atoms with Crippen LogP contribution in [0.5, 0.6) is 0 Å². The van der Waals surface area contributed by atoms with E-state index in [1.165, 1.54) is 0 Å². The molecule has 82 valence electrons. The van der Waals surface area contributed by atoms with Crippen molar-refractivity contribution in [2.45, 2.75) is 24.5 Å². The molecule has 1 fully saturated rings. The van der Waals surface area contributed by atoms with E-state index in [0.717, 1.165) is 12.0 Å². The third kappa shape index (κ3) is 2.18. The lowest BCUT2D eigenvalue weighted by Gasteiger charge is -2.01. The highest BCUT2D eigenvalue weighted by Gasteiger charge is 2.46. The van der Waals surface area contributed by atoms with Crippen LogP contribution in [-0.2, 0) is 9.84 Å². The second-order valence-corrected chi connectivity index (χ2v) is 6.83. The van der Waals surface area contributed by atoms with Gasteiger partial charge in [-0.2, -0.15) is 0 Å². The van der Waals surface area contributed by atoms with Gasteiger partial charge in [-0.25, -0.2) is 8.42 Å². The number of benzene rings is 1. The van der Waals surface area contributed by atoms with Crippen molar-refractivity contribution in [1.29, 1.82) is 0 Å². The van der Waals surface area contributed by atoms with Gasteiger partial charge in [-0.3, -0.25) is 0 Å². The number of rotatable bonds is 3. The minimum absolute atomic E-state index is 0.163. The van der Waals surface area contributed by atoms with Gasteiger partial charge in [-0.15, -0.1) is 0 Å². The van der Waals surface area contributed by atoms with Gasteiger partial charge in [0.25, 0.3) is 0 Å². The van der Waals surface area contributed by atoms with Crippen molar-refractivity contribution in [2.75, 3.05) is 5.75 Å². The molecule has 2 atom stereocenters. The van der Waals surface area contributed by atoms with Crippen molar-refractivity contribution in [3.05, 3.63) is 34.9 Å². The van der Waals surface area contributed by atoms with Crippen molar-refractivity contribution in [2.24, 2.45) is 0 Å². The zero-order valence-corrected chi connectivity index (χ0v) is 10.1. The third-order valence-corrected chi connectivity index (χ3v) is 5.39. The van der Waals surface area contributed by atoms with Crippen LogP contribution in [0.2, 0.25) is 5.02 Å². The van der Waals surface area contributed by atoms with Gasteiger partial charge in [-0.1, -0.05) is 30.7 Å². The van der Waals surface area contributed by atoms with Gasteiger partial charge in [0.2, 0.25) is 0 Å². The summed E-state index contributed by atoms with van der Waals surface area (Å²) in [4.78, 5) is 0. The van der Waals surface area contributed by atoms with Crippen molar-refractivity contribution in [3.63, 3.8) is 0 Å². The fraction of sp³-hybridized carbons (Fsp3) is 0.455. The molecular formula is C11H13ClO2S. The molecule has 2 nitrogen and oxygen atoms in total. The zero-order valence-electron chi connectivity index (χ0n) is 8.48. The number of hydrogen-bond acceptors (Lipinski definition) is 2. The minimum Gasteiger partial charge on any atom is -0.229 e. The average molecular weight is 245 g/mol. The molecule has 0 bridgehead atoms. The van der Waals surface area contributed by atoms with E-state index in [2.05, 4.69) is 0 Å². The summed E-state index contributed by atoms with van der Waals surface area (Å²) in [6.45, 7) is 1.70. The lowest BCUT2D eigenvalue weighted by Crippen LogP contribution is -2.10. The van der Waals surface area contributed by atoms with Gasteiger partial charge in [-0.05, 0) is 24.1 Å². The monoisotopic (exact) mass is 244 g/mol. The smallest absolute Gasteiger partial charge is 0.153 e. The first-order valence-corrected chi connectivity index (χ1v) is 7.11. The second-order valence-electron chi connectivity index (χ2n) is 3.88. The van der Waals surface area contributed by atoms with Crippen LogP contribution in [-0.4, -0.2) is 19.4 Å². The van der Waals surface area contributed by atoms with E-state index >= 15 is 0 Å². The fourth-order valence-corrected chi connectivity index (χ4v) is 3.56. The van der Waals surface area contributed by atoms with Crippen molar-refractivity contribution in [1.82, 2.24) is 0 Å². The van der Waals surface area contributed by atoms with E-state index in [-0.39, 0.29) is 16.9 Å². The Kier molecular flexibility index (Phi) is 2.77. The van der Waals surface area contributed by atoms with Crippen LogP contribution in [0, 0.1) is 0 Å². The maximum Gasteiger partial charge on any atom is 0.153 e. The van der Waals surface area contributed by atoms with Gasteiger partial charge in [0.1, 0.15) is 0 Å². The molecule has 0 N–H and O–H groups in total. The Labute approximate surface area is 95.2 Å². The van der Waals surface area contributed by atoms with Crippen molar-refractivity contribution < 1.29 is 8.42 Å². The molecular weight excluding hydrogens is 232 g/mol. The second kappa shape index (κ2) is 3.80. The molecule has 1 aliphatic carbocycles. The summed E-state index contributed by atoms with van der Waals surface area (Å²) in [6, 6.07) is 7.45. The van der Waals surface area contributed by atoms with Crippen LogP contribution in [0.3, 0.4) is 0 Å².